The zero-order chi connectivity index (χ0) is 68.3. The van der Waals surface area contributed by atoms with Gasteiger partial charge in [0.15, 0.2) is 6.10 Å². The highest BCUT2D eigenvalue weighted by atomic mass is 31.2. The number of allylic oxidation sites excluding steroid dienone is 22. The fourth-order valence-electron chi connectivity index (χ4n) is 10.7. The summed E-state index contributed by atoms with van der Waals surface area (Å²) >= 11 is 0. The highest BCUT2D eigenvalue weighted by Crippen LogP contribution is 2.43. The number of nitrogens with zero attached hydrogens (tertiary/aromatic N) is 1. The molecule has 94 heavy (non-hydrogen) atoms. The predicted molar refractivity (Wildman–Crippen MR) is 408 cm³/mol. The van der Waals surface area contributed by atoms with Gasteiger partial charge in [0.25, 0.3) is 0 Å². The molecule has 0 saturated carbocycles. The number of hydrogen-bond donors (Lipinski definition) is 1. The first-order valence-electron chi connectivity index (χ1n) is 38.9. The summed E-state index contributed by atoms with van der Waals surface area (Å²) < 4.78 is 34.8. The van der Waals surface area contributed by atoms with E-state index in [1.165, 1.54) is 186 Å². The van der Waals surface area contributed by atoms with Crippen LogP contribution in [0.2, 0.25) is 0 Å². The van der Waals surface area contributed by atoms with Gasteiger partial charge in [-0.25, -0.2) is 4.57 Å². The average molecular weight is 1330 g/mol. The Morgan fingerprint density at radius 2 is 0.606 bits per heavy atom. The second-order valence-corrected chi connectivity index (χ2v) is 28.5. The summed E-state index contributed by atoms with van der Waals surface area (Å²) in [6.45, 7) is 4.31. The lowest BCUT2D eigenvalue weighted by Crippen LogP contribution is -2.37. The fourth-order valence-corrected chi connectivity index (χ4v) is 11.5. The molecular weight excluding hydrogens is 1180 g/mol. The first-order chi connectivity index (χ1) is 46.0. The van der Waals surface area contributed by atoms with Gasteiger partial charge in [0.1, 0.15) is 19.8 Å². The lowest BCUT2D eigenvalue weighted by atomic mass is 10.0. The SMILES string of the molecule is CC/C=C\C/C=C\C/C=C\C/C=C\C/C=C\C/C=C\C/C=C\C/C=C\C/C=C\CCCCCCCC(=O)OC(COC(=O)CCCCCCCCCCCCCCCCCCCCCCCCCCC/C=C\C/C=C\CCCCCCC)COP(=O)(O)OCC[N+](C)(C)C. The first kappa shape index (κ1) is 90.2. The number of hydrogen-bond acceptors (Lipinski definition) is 7. The van der Waals surface area contributed by atoms with E-state index in [1.807, 2.05) is 21.1 Å². The minimum atomic E-state index is -4.41. The van der Waals surface area contributed by atoms with E-state index in [0.29, 0.717) is 17.4 Å². The molecule has 0 fully saturated rings. The van der Waals surface area contributed by atoms with Gasteiger partial charge < -0.3 is 18.9 Å². The molecule has 0 radical (unpaired) electrons. The maximum Gasteiger partial charge on any atom is 0.472 e. The van der Waals surface area contributed by atoms with E-state index < -0.39 is 26.5 Å². The van der Waals surface area contributed by atoms with Gasteiger partial charge in [0, 0.05) is 12.8 Å². The number of rotatable bonds is 71. The zero-order valence-corrected chi connectivity index (χ0v) is 62.6. The quantitative estimate of drug-likeness (QED) is 0.0211. The number of unbranched alkanes of at least 4 members (excludes halogenated alkanes) is 35. The fraction of sp³-hybridized carbons (Fsp3) is 0.714. The summed E-state index contributed by atoms with van der Waals surface area (Å²) in [5, 5.41) is 0. The van der Waals surface area contributed by atoms with E-state index in [0.717, 1.165) is 116 Å². The Morgan fingerprint density at radius 3 is 0.904 bits per heavy atom. The molecule has 0 aliphatic carbocycles. The molecule has 0 aromatic carbocycles. The van der Waals surface area contributed by atoms with Crippen molar-refractivity contribution < 1.29 is 42.1 Å². The molecule has 0 bridgehead atoms. The van der Waals surface area contributed by atoms with Crippen molar-refractivity contribution in [3.8, 4) is 0 Å². The maximum atomic E-state index is 12.9. The first-order valence-corrected chi connectivity index (χ1v) is 40.4. The third-order valence-electron chi connectivity index (χ3n) is 16.7. The Hall–Kier alpha value is -3.85. The number of phosphoric acid groups is 1. The van der Waals surface area contributed by atoms with Gasteiger partial charge in [-0.05, 0) is 116 Å². The molecule has 0 spiro atoms. The van der Waals surface area contributed by atoms with Crippen LogP contribution in [0.1, 0.15) is 335 Å². The summed E-state index contributed by atoms with van der Waals surface area (Å²) in [4.78, 5) is 36.0. The molecule has 0 aliphatic heterocycles. The topological polar surface area (TPSA) is 108 Å². The van der Waals surface area contributed by atoms with Crippen molar-refractivity contribution in [2.24, 2.45) is 0 Å². The molecule has 1 N–H and O–H groups in total. The van der Waals surface area contributed by atoms with Crippen molar-refractivity contribution in [3.63, 3.8) is 0 Å². The molecule has 2 unspecified atom stereocenters. The van der Waals surface area contributed by atoms with Gasteiger partial charge >= 0.3 is 19.8 Å². The average Bonchev–Trinajstić information content (AvgIpc) is 1.56. The number of phosphoric ester groups is 1. The highest BCUT2D eigenvalue weighted by molar-refractivity contribution is 7.47. The van der Waals surface area contributed by atoms with E-state index >= 15 is 0 Å². The zero-order valence-electron chi connectivity index (χ0n) is 61.7. The molecule has 9 nitrogen and oxygen atoms in total. The number of likely N-dealkylation sites (N-methyl/N-ethyl adjacent to an activating group) is 1. The van der Waals surface area contributed by atoms with E-state index in [-0.39, 0.29) is 32.0 Å². The Labute approximate surface area is 581 Å². The molecule has 0 aromatic heterocycles. The summed E-state index contributed by atoms with van der Waals surface area (Å²) in [5.41, 5.74) is 0. The smallest absolute Gasteiger partial charge is 0.462 e. The van der Waals surface area contributed by atoms with Crippen molar-refractivity contribution in [2.45, 2.75) is 341 Å². The van der Waals surface area contributed by atoms with Crippen molar-refractivity contribution >= 4 is 19.8 Å². The van der Waals surface area contributed by atoms with Crippen molar-refractivity contribution in [3.05, 3.63) is 134 Å². The molecule has 0 heterocycles. The number of esters is 2. The molecule has 0 rings (SSSR count). The molecule has 0 aromatic rings. The molecule has 10 heteroatoms. The minimum Gasteiger partial charge on any atom is -0.462 e. The standard InChI is InChI=1S/C84H146NO8P/c1-6-8-10-12-14-16-18-20-22-24-26-28-30-32-34-36-38-40-41-42-43-45-46-48-50-52-54-56-58-60-62-64-66-68-70-72-74-76-83(86)90-80-82(81-92-94(88,89)91-79-78-85(3,4)5)93-84(87)77-75-73-71-69-67-65-63-61-59-57-55-53-51-49-47-44-39-37-35-33-31-29-27-25-23-21-19-17-15-13-11-9-7-2/h9,11,15,17-18,20-21,23-24,26-27,29,33,35,39,44,49,51,55,57,61,63,82H,6-8,10,12-14,16,19,22,25,28,30-32,34,36-38,40-43,45-48,50,52-54,56,58-60,62,64-81H2,1-5H3/p+1/b11-9-,17-15-,20-18-,23-21-,26-24-,29-27-,35-33-,44-39-,51-49-,57-55-,63-61-. The number of ether oxygens (including phenoxy) is 2. The number of carbonyl (C=O) groups is 2. The van der Waals surface area contributed by atoms with Crippen molar-refractivity contribution in [1.29, 1.82) is 0 Å². The van der Waals surface area contributed by atoms with Crippen LogP contribution in [0.3, 0.4) is 0 Å². The van der Waals surface area contributed by atoms with Gasteiger partial charge in [0.05, 0.1) is 27.7 Å². The van der Waals surface area contributed by atoms with Crippen LogP contribution in [0.4, 0.5) is 0 Å². The molecule has 540 valence electrons. The second-order valence-electron chi connectivity index (χ2n) is 27.0. The minimum absolute atomic E-state index is 0.0224. The third kappa shape index (κ3) is 77.2. The van der Waals surface area contributed by atoms with Gasteiger partial charge in [-0.3, -0.25) is 18.6 Å². The summed E-state index contributed by atoms with van der Waals surface area (Å²) in [7, 11) is 1.46. The van der Waals surface area contributed by atoms with Crippen LogP contribution >= 0.6 is 7.82 Å². The Bertz CT molecular complexity index is 2050. The lowest BCUT2D eigenvalue weighted by Gasteiger charge is -2.24. The van der Waals surface area contributed by atoms with Crippen LogP contribution in [0.15, 0.2) is 134 Å². The van der Waals surface area contributed by atoms with Crippen LogP contribution in [0, 0.1) is 0 Å². The van der Waals surface area contributed by atoms with Crippen LogP contribution in [0.5, 0.6) is 0 Å². The van der Waals surface area contributed by atoms with E-state index in [2.05, 4.69) is 148 Å². The van der Waals surface area contributed by atoms with Gasteiger partial charge in [-0.2, -0.15) is 0 Å². The molecular formula is C84H147NO8P+. The van der Waals surface area contributed by atoms with E-state index in [4.69, 9.17) is 18.5 Å². The molecule has 0 aliphatic rings. The Balaban J connectivity index is 4.04. The Morgan fingerprint density at radius 1 is 0.340 bits per heavy atom. The van der Waals surface area contributed by atoms with Gasteiger partial charge in [0.2, 0.25) is 0 Å². The van der Waals surface area contributed by atoms with Crippen molar-refractivity contribution in [1.82, 2.24) is 0 Å². The molecule has 2 atom stereocenters. The third-order valence-corrected chi connectivity index (χ3v) is 17.6. The van der Waals surface area contributed by atoms with Crippen molar-refractivity contribution in [2.75, 3.05) is 47.5 Å². The molecule has 0 amide bonds. The lowest BCUT2D eigenvalue weighted by molar-refractivity contribution is -0.870. The van der Waals surface area contributed by atoms with E-state index in [1.54, 1.807) is 0 Å². The van der Waals surface area contributed by atoms with Crippen LogP contribution < -0.4 is 0 Å². The summed E-state index contributed by atoms with van der Waals surface area (Å²) in [6.07, 6.45) is 107. The summed E-state index contributed by atoms with van der Waals surface area (Å²) in [6, 6.07) is 0. The second kappa shape index (κ2) is 73.4. The highest BCUT2D eigenvalue weighted by Gasteiger charge is 2.27. The van der Waals surface area contributed by atoms with Gasteiger partial charge in [-0.15, -0.1) is 0 Å². The van der Waals surface area contributed by atoms with Crippen LogP contribution in [-0.4, -0.2) is 74.9 Å². The number of quaternary nitrogens is 1. The number of carbonyl (C=O) groups excluding carboxylic acids is 2. The summed E-state index contributed by atoms with van der Waals surface area (Å²) in [5.74, 6) is -0.816. The van der Waals surface area contributed by atoms with Crippen LogP contribution in [0.25, 0.3) is 0 Å². The largest absolute Gasteiger partial charge is 0.472 e. The Kier molecular flexibility index (Phi) is 70.4. The molecule has 0 saturated heterocycles. The normalized spacial score (nSPS) is 13.8. The van der Waals surface area contributed by atoms with Crippen LogP contribution in [-0.2, 0) is 32.7 Å². The predicted octanol–water partition coefficient (Wildman–Crippen LogP) is 25.9. The van der Waals surface area contributed by atoms with Gasteiger partial charge in [-0.1, -0.05) is 340 Å². The monoisotopic (exact) mass is 1330 g/mol. The van der Waals surface area contributed by atoms with E-state index in [9.17, 15) is 19.0 Å². The maximum absolute atomic E-state index is 12.9.